The van der Waals surface area contributed by atoms with E-state index in [1.165, 1.54) is 0 Å². The van der Waals surface area contributed by atoms with Crippen molar-refractivity contribution in [3.63, 3.8) is 0 Å². The van der Waals surface area contributed by atoms with Gasteiger partial charge in [0, 0.05) is 24.0 Å². The smallest absolute Gasteiger partial charge is 0.279 e. The summed E-state index contributed by atoms with van der Waals surface area (Å²) in [5.41, 5.74) is 3.93. The van der Waals surface area contributed by atoms with Gasteiger partial charge in [-0.3, -0.25) is 14.4 Å². The molecule has 7 heteroatoms. The van der Waals surface area contributed by atoms with Gasteiger partial charge in [0.15, 0.2) is 13.1 Å². The standard InChI is InChI=1S/C21H26N4O3/c1-14-7-5-10-18(15(14)2)24-20(27)13-25(4)12-19(26)23-17-9-6-8-16(11-17)21(28)22-3/h5-11H,12-13H2,1-4H3,(H,22,28)(H,23,26)(H,24,27)/p+1. The number of carbonyl (C=O) groups is 3. The first-order valence-electron chi connectivity index (χ1n) is 9.09. The van der Waals surface area contributed by atoms with Crippen LogP contribution in [0.15, 0.2) is 42.5 Å². The van der Waals surface area contributed by atoms with Crippen LogP contribution in [0.3, 0.4) is 0 Å². The summed E-state index contributed by atoms with van der Waals surface area (Å²) >= 11 is 0. The predicted molar refractivity (Wildman–Crippen MR) is 110 cm³/mol. The molecule has 0 fully saturated rings. The molecule has 0 aliphatic heterocycles. The summed E-state index contributed by atoms with van der Waals surface area (Å²) in [7, 11) is 3.33. The van der Waals surface area contributed by atoms with Crippen LogP contribution in [0.2, 0.25) is 0 Å². The van der Waals surface area contributed by atoms with Gasteiger partial charge in [-0.1, -0.05) is 18.2 Å². The molecule has 3 amide bonds. The summed E-state index contributed by atoms with van der Waals surface area (Å²) in [5, 5.41) is 8.20. The molecule has 2 aromatic carbocycles. The van der Waals surface area contributed by atoms with Crippen LogP contribution in [0.5, 0.6) is 0 Å². The average Bonchev–Trinajstić information content (AvgIpc) is 2.64. The topological polar surface area (TPSA) is 91.7 Å². The van der Waals surface area contributed by atoms with Crippen LogP contribution in [-0.2, 0) is 9.59 Å². The zero-order valence-corrected chi connectivity index (χ0v) is 16.7. The van der Waals surface area contributed by atoms with Crippen molar-refractivity contribution in [3.05, 3.63) is 59.2 Å². The number of hydrogen-bond acceptors (Lipinski definition) is 3. The molecule has 0 spiro atoms. The summed E-state index contributed by atoms with van der Waals surface area (Å²) in [6.45, 7) is 4.25. The summed E-state index contributed by atoms with van der Waals surface area (Å²) in [5.74, 6) is -0.603. The summed E-state index contributed by atoms with van der Waals surface area (Å²) in [6.07, 6.45) is 0. The molecule has 148 valence electrons. The Morgan fingerprint density at radius 2 is 1.57 bits per heavy atom. The van der Waals surface area contributed by atoms with Crippen molar-refractivity contribution in [2.24, 2.45) is 0 Å². The van der Waals surface area contributed by atoms with Crippen molar-refractivity contribution in [2.45, 2.75) is 13.8 Å². The van der Waals surface area contributed by atoms with E-state index in [1.54, 1.807) is 38.4 Å². The van der Waals surface area contributed by atoms with E-state index in [2.05, 4.69) is 16.0 Å². The highest BCUT2D eigenvalue weighted by atomic mass is 16.2. The van der Waals surface area contributed by atoms with Crippen LogP contribution in [0, 0.1) is 13.8 Å². The molecule has 4 N–H and O–H groups in total. The molecule has 1 atom stereocenters. The molecule has 0 saturated carbocycles. The van der Waals surface area contributed by atoms with Gasteiger partial charge < -0.3 is 20.9 Å². The van der Waals surface area contributed by atoms with Gasteiger partial charge in [-0.05, 0) is 49.2 Å². The minimum Gasteiger partial charge on any atom is -0.355 e. The molecule has 7 nitrogen and oxygen atoms in total. The van der Waals surface area contributed by atoms with Crippen LogP contribution in [0.1, 0.15) is 21.5 Å². The van der Waals surface area contributed by atoms with E-state index < -0.39 is 0 Å². The average molecular weight is 383 g/mol. The molecule has 0 aliphatic carbocycles. The number of aryl methyl sites for hydroxylation is 1. The van der Waals surface area contributed by atoms with Crippen molar-refractivity contribution in [2.75, 3.05) is 37.8 Å². The molecule has 2 aromatic rings. The number of anilines is 2. The third-order valence-electron chi connectivity index (χ3n) is 4.44. The molecule has 28 heavy (non-hydrogen) atoms. The Bertz CT molecular complexity index is 880. The molecule has 0 aromatic heterocycles. The Balaban J connectivity index is 1.87. The molecule has 1 unspecified atom stereocenters. The van der Waals surface area contributed by atoms with Gasteiger partial charge in [-0.15, -0.1) is 0 Å². The largest absolute Gasteiger partial charge is 0.355 e. The highest BCUT2D eigenvalue weighted by Gasteiger charge is 2.16. The monoisotopic (exact) mass is 383 g/mol. The fourth-order valence-electron chi connectivity index (χ4n) is 2.78. The maximum absolute atomic E-state index is 12.3. The quantitative estimate of drug-likeness (QED) is 0.569. The van der Waals surface area contributed by atoms with Crippen molar-refractivity contribution in [3.8, 4) is 0 Å². The lowest BCUT2D eigenvalue weighted by Gasteiger charge is -2.15. The Morgan fingerprint density at radius 3 is 2.25 bits per heavy atom. The molecule has 0 heterocycles. The Kier molecular flexibility index (Phi) is 7.28. The Labute approximate surface area is 165 Å². The third-order valence-corrected chi connectivity index (χ3v) is 4.44. The van der Waals surface area contributed by atoms with Gasteiger partial charge in [0.05, 0.1) is 7.05 Å². The fraction of sp³-hybridized carbons (Fsp3) is 0.286. The number of amides is 3. The molecule has 0 radical (unpaired) electrons. The van der Waals surface area contributed by atoms with E-state index in [-0.39, 0.29) is 30.8 Å². The fourth-order valence-corrected chi connectivity index (χ4v) is 2.78. The maximum Gasteiger partial charge on any atom is 0.279 e. The van der Waals surface area contributed by atoms with Gasteiger partial charge in [0.1, 0.15) is 0 Å². The normalized spacial score (nSPS) is 11.4. The lowest BCUT2D eigenvalue weighted by molar-refractivity contribution is -0.862. The zero-order valence-electron chi connectivity index (χ0n) is 16.7. The Hall–Kier alpha value is -3.19. The highest BCUT2D eigenvalue weighted by Crippen LogP contribution is 2.17. The summed E-state index contributed by atoms with van der Waals surface area (Å²) in [4.78, 5) is 36.9. The van der Waals surface area contributed by atoms with Crippen LogP contribution >= 0.6 is 0 Å². The number of nitrogens with one attached hydrogen (secondary N) is 4. The molecular formula is C21H27N4O3+. The van der Waals surface area contributed by atoms with Crippen molar-refractivity contribution < 1.29 is 19.3 Å². The first-order valence-corrected chi connectivity index (χ1v) is 9.09. The van der Waals surface area contributed by atoms with Gasteiger partial charge >= 0.3 is 0 Å². The lowest BCUT2D eigenvalue weighted by atomic mass is 10.1. The number of hydrogen-bond donors (Lipinski definition) is 4. The second-order valence-corrected chi connectivity index (χ2v) is 6.81. The zero-order chi connectivity index (χ0) is 20.7. The second-order valence-electron chi connectivity index (χ2n) is 6.81. The van der Waals surface area contributed by atoms with Gasteiger partial charge in [0.25, 0.3) is 17.7 Å². The minimum atomic E-state index is -0.230. The van der Waals surface area contributed by atoms with E-state index in [0.717, 1.165) is 21.7 Å². The van der Waals surface area contributed by atoms with Crippen LogP contribution in [0.4, 0.5) is 11.4 Å². The van der Waals surface area contributed by atoms with E-state index in [9.17, 15) is 14.4 Å². The molecule has 0 saturated heterocycles. The predicted octanol–water partition coefficient (Wildman–Crippen LogP) is 0.755. The number of carbonyl (C=O) groups excluding carboxylic acids is 3. The van der Waals surface area contributed by atoms with E-state index >= 15 is 0 Å². The minimum absolute atomic E-state index is 0.129. The molecule has 0 bridgehead atoms. The maximum atomic E-state index is 12.3. The number of likely N-dealkylation sites (N-methyl/N-ethyl adjacent to an activating group) is 1. The summed E-state index contributed by atoms with van der Waals surface area (Å²) in [6, 6.07) is 12.5. The molecule has 0 aliphatic rings. The van der Waals surface area contributed by atoms with Crippen molar-refractivity contribution in [1.29, 1.82) is 0 Å². The third kappa shape index (κ3) is 5.92. The number of benzene rings is 2. The van der Waals surface area contributed by atoms with Crippen molar-refractivity contribution in [1.82, 2.24) is 5.32 Å². The lowest BCUT2D eigenvalue weighted by Crippen LogP contribution is -3.11. The van der Waals surface area contributed by atoms with Crippen molar-refractivity contribution >= 4 is 29.1 Å². The van der Waals surface area contributed by atoms with Gasteiger partial charge in [-0.25, -0.2) is 0 Å². The van der Waals surface area contributed by atoms with Gasteiger partial charge in [-0.2, -0.15) is 0 Å². The highest BCUT2D eigenvalue weighted by molar-refractivity contribution is 5.97. The van der Waals surface area contributed by atoms with Crippen LogP contribution in [-0.4, -0.2) is 44.9 Å². The number of rotatable bonds is 7. The van der Waals surface area contributed by atoms with Crippen LogP contribution in [0.25, 0.3) is 0 Å². The molecular weight excluding hydrogens is 356 g/mol. The van der Waals surface area contributed by atoms with E-state index in [1.807, 2.05) is 32.0 Å². The number of quaternary nitrogens is 1. The van der Waals surface area contributed by atoms with E-state index in [4.69, 9.17) is 0 Å². The SMILES string of the molecule is CNC(=O)c1cccc(NC(=O)C[NH+](C)CC(=O)Nc2cccc(C)c2C)c1. The molecule has 2 rings (SSSR count). The summed E-state index contributed by atoms with van der Waals surface area (Å²) < 4.78 is 0. The first-order chi connectivity index (χ1) is 13.3. The van der Waals surface area contributed by atoms with Gasteiger partial charge in [0.2, 0.25) is 0 Å². The Morgan fingerprint density at radius 1 is 0.929 bits per heavy atom. The first kappa shape index (κ1) is 21.1. The second kappa shape index (κ2) is 9.66. The van der Waals surface area contributed by atoms with Crippen LogP contribution < -0.4 is 20.9 Å². The van der Waals surface area contributed by atoms with E-state index in [0.29, 0.717) is 11.3 Å².